The summed E-state index contributed by atoms with van der Waals surface area (Å²) in [6.45, 7) is 0. The van der Waals surface area contributed by atoms with Crippen LogP contribution < -0.4 is 4.74 Å². The van der Waals surface area contributed by atoms with Crippen molar-refractivity contribution in [2.75, 3.05) is 7.11 Å². The summed E-state index contributed by atoms with van der Waals surface area (Å²) in [4.78, 5) is 10.9. The lowest BCUT2D eigenvalue weighted by Crippen LogP contribution is -2.09. The number of carbonyl (C=O) groups is 1. The van der Waals surface area contributed by atoms with Crippen molar-refractivity contribution in [3.8, 4) is 11.8 Å². The fraction of sp³-hybridized carbons (Fsp3) is 0.429. The van der Waals surface area contributed by atoms with E-state index in [0.717, 1.165) is 12.8 Å². The Morgan fingerprint density at radius 1 is 1.63 bits per heavy atom. The van der Waals surface area contributed by atoms with Crippen molar-refractivity contribution in [1.82, 2.24) is 0 Å². The van der Waals surface area contributed by atoms with E-state index in [0.29, 0.717) is 5.56 Å². The Morgan fingerprint density at radius 3 is 2.79 bits per heavy atom. The molecule has 0 aromatic heterocycles. The zero-order valence-corrected chi connectivity index (χ0v) is 10.5. The number of methoxy groups -OCH3 is 1. The Labute approximate surface area is 110 Å². The quantitative estimate of drug-likeness (QED) is 0.886. The summed E-state index contributed by atoms with van der Waals surface area (Å²) in [6.07, 6.45) is 1.86. The Kier molecular flexibility index (Phi) is 3.70. The molecular formula is C14H14FNO3. The van der Waals surface area contributed by atoms with Crippen LogP contribution in [0.15, 0.2) is 12.1 Å². The van der Waals surface area contributed by atoms with E-state index in [1.165, 1.54) is 19.2 Å². The summed E-state index contributed by atoms with van der Waals surface area (Å²) >= 11 is 0. The van der Waals surface area contributed by atoms with Crippen molar-refractivity contribution < 1.29 is 19.0 Å². The van der Waals surface area contributed by atoms with Gasteiger partial charge in [0.05, 0.1) is 19.1 Å². The molecule has 1 aliphatic carbocycles. The van der Waals surface area contributed by atoms with Gasteiger partial charge in [-0.05, 0) is 42.4 Å². The Hall–Kier alpha value is -2.09. The lowest BCUT2D eigenvalue weighted by atomic mass is 9.89. The SMILES string of the molecule is COc1c(F)cc(C(CC(=O)O)C2CC2)cc1C#N. The number of ether oxygens (including phenoxy) is 1. The molecule has 0 bridgehead atoms. The molecule has 19 heavy (non-hydrogen) atoms. The molecule has 0 aliphatic heterocycles. The van der Waals surface area contributed by atoms with Crippen molar-refractivity contribution in [3.63, 3.8) is 0 Å². The van der Waals surface area contributed by atoms with Gasteiger partial charge in [-0.15, -0.1) is 0 Å². The third kappa shape index (κ3) is 2.84. The van der Waals surface area contributed by atoms with E-state index in [9.17, 15) is 9.18 Å². The van der Waals surface area contributed by atoms with Gasteiger partial charge < -0.3 is 9.84 Å². The first-order valence-corrected chi connectivity index (χ1v) is 6.06. The van der Waals surface area contributed by atoms with E-state index < -0.39 is 11.8 Å². The number of benzene rings is 1. The minimum absolute atomic E-state index is 0.0404. The van der Waals surface area contributed by atoms with Crippen LogP contribution >= 0.6 is 0 Å². The number of hydrogen-bond acceptors (Lipinski definition) is 3. The fourth-order valence-corrected chi connectivity index (χ4v) is 2.36. The van der Waals surface area contributed by atoms with Crippen molar-refractivity contribution in [2.45, 2.75) is 25.2 Å². The van der Waals surface area contributed by atoms with Crippen LogP contribution in [-0.2, 0) is 4.79 Å². The first-order valence-electron chi connectivity index (χ1n) is 6.06. The van der Waals surface area contributed by atoms with Crippen LogP contribution in [0.5, 0.6) is 5.75 Å². The minimum Gasteiger partial charge on any atom is -0.492 e. The maximum absolute atomic E-state index is 13.9. The molecule has 0 heterocycles. The third-order valence-corrected chi connectivity index (χ3v) is 3.40. The monoisotopic (exact) mass is 263 g/mol. The van der Waals surface area contributed by atoms with E-state index in [1.54, 1.807) is 0 Å². The van der Waals surface area contributed by atoms with Crippen molar-refractivity contribution >= 4 is 5.97 Å². The number of nitriles is 1. The van der Waals surface area contributed by atoms with E-state index in [-0.39, 0.29) is 29.6 Å². The Balaban J connectivity index is 2.40. The zero-order chi connectivity index (χ0) is 14.0. The van der Waals surface area contributed by atoms with Gasteiger partial charge in [-0.25, -0.2) is 4.39 Å². The maximum atomic E-state index is 13.9. The summed E-state index contributed by atoms with van der Waals surface area (Å²) in [5.74, 6) is -1.57. The highest BCUT2D eigenvalue weighted by molar-refractivity contribution is 5.68. The minimum atomic E-state index is -0.911. The van der Waals surface area contributed by atoms with Crippen molar-refractivity contribution in [1.29, 1.82) is 5.26 Å². The van der Waals surface area contributed by atoms with Crippen LogP contribution in [0.4, 0.5) is 4.39 Å². The van der Waals surface area contributed by atoms with Crippen LogP contribution in [0.25, 0.3) is 0 Å². The highest BCUT2D eigenvalue weighted by Gasteiger charge is 2.34. The van der Waals surface area contributed by atoms with Gasteiger partial charge in [-0.1, -0.05) is 0 Å². The molecular weight excluding hydrogens is 249 g/mol. The molecule has 100 valence electrons. The average molecular weight is 263 g/mol. The number of halogens is 1. The molecule has 1 saturated carbocycles. The summed E-state index contributed by atoms with van der Waals surface area (Å²) < 4.78 is 18.7. The number of nitrogens with zero attached hydrogens (tertiary/aromatic N) is 1. The van der Waals surface area contributed by atoms with Crippen molar-refractivity contribution in [3.05, 3.63) is 29.1 Å². The predicted octanol–water partition coefficient (Wildman–Crippen LogP) is 2.67. The Bertz CT molecular complexity index is 546. The number of carboxylic acid groups (broad SMARTS) is 1. The summed E-state index contributed by atoms with van der Waals surface area (Å²) in [7, 11) is 1.30. The molecule has 0 saturated heterocycles. The molecule has 0 amide bonds. The smallest absolute Gasteiger partial charge is 0.303 e. The average Bonchev–Trinajstić information content (AvgIpc) is 3.18. The van der Waals surface area contributed by atoms with Gasteiger partial charge in [0.1, 0.15) is 6.07 Å². The molecule has 1 atom stereocenters. The zero-order valence-electron chi connectivity index (χ0n) is 10.5. The topological polar surface area (TPSA) is 70.3 Å². The van der Waals surface area contributed by atoms with E-state index >= 15 is 0 Å². The summed E-state index contributed by atoms with van der Waals surface area (Å²) in [5.41, 5.74) is 0.674. The molecule has 2 rings (SSSR count). The molecule has 0 spiro atoms. The molecule has 1 fully saturated rings. The number of aliphatic carboxylic acids is 1. The lowest BCUT2D eigenvalue weighted by molar-refractivity contribution is -0.137. The molecule has 0 radical (unpaired) electrons. The maximum Gasteiger partial charge on any atom is 0.303 e. The first-order chi connectivity index (χ1) is 9.06. The van der Waals surface area contributed by atoms with E-state index in [1.807, 2.05) is 6.07 Å². The van der Waals surface area contributed by atoms with Crippen molar-refractivity contribution in [2.24, 2.45) is 5.92 Å². The highest BCUT2D eigenvalue weighted by atomic mass is 19.1. The van der Waals surface area contributed by atoms with Crippen LogP contribution in [0.1, 0.15) is 36.3 Å². The standard InChI is InChI=1S/C14H14FNO3/c1-19-14-10(7-16)4-9(5-12(14)15)11(6-13(17)18)8-2-3-8/h4-5,8,11H,2-3,6H2,1H3,(H,17,18). The van der Waals surface area contributed by atoms with Gasteiger partial charge in [-0.3, -0.25) is 4.79 Å². The van der Waals surface area contributed by atoms with Gasteiger partial charge in [0.2, 0.25) is 0 Å². The molecule has 1 aromatic carbocycles. The van der Waals surface area contributed by atoms with Gasteiger partial charge in [0.25, 0.3) is 0 Å². The summed E-state index contributed by atoms with van der Waals surface area (Å²) in [5, 5.41) is 17.9. The van der Waals surface area contributed by atoms with Crippen LogP contribution in [0, 0.1) is 23.1 Å². The highest BCUT2D eigenvalue weighted by Crippen LogP contribution is 2.45. The van der Waals surface area contributed by atoms with E-state index in [2.05, 4.69) is 0 Å². The first kappa shape index (κ1) is 13.3. The lowest BCUT2D eigenvalue weighted by Gasteiger charge is -2.16. The second kappa shape index (κ2) is 5.27. The number of carboxylic acids is 1. The molecule has 1 aromatic rings. The number of rotatable bonds is 5. The second-order valence-corrected chi connectivity index (χ2v) is 4.74. The molecule has 1 N–H and O–H groups in total. The Morgan fingerprint density at radius 2 is 2.32 bits per heavy atom. The van der Waals surface area contributed by atoms with E-state index in [4.69, 9.17) is 15.1 Å². The third-order valence-electron chi connectivity index (χ3n) is 3.40. The normalized spacial score (nSPS) is 15.6. The molecule has 4 nitrogen and oxygen atoms in total. The van der Waals surface area contributed by atoms with Gasteiger partial charge >= 0.3 is 5.97 Å². The van der Waals surface area contributed by atoms with Crippen LogP contribution in [-0.4, -0.2) is 18.2 Å². The molecule has 1 unspecified atom stereocenters. The fourth-order valence-electron chi connectivity index (χ4n) is 2.36. The van der Waals surface area contributed by atoms with Crippen LogP contribution in [0.3, 0.4) is 0 Å². The van der Waals surface area contributed by atoms with Gasteiger partial charge in [-0.2, -0.15) is 5.26 Å². The number of hydrogen-bond donors (Lipinski definition) is 1. The van der Waals surface area contributed by atoms with Crippen LogP contribution in [0.2, 0.25) is 0 Å². The van der Waals surface area contributed by atoms with Gasteiger partial charge in [0, 0.05) is 0 Å². The van der Waals surface area contributed by atoms with Gasteiger partial charge in [0.15, 0.2) is 11.6 Å². The second-order valence-electron chi connectivity index (χ2n) is 4.74. The largest absolute Gasteiger partial charge is 0.492 e. The predicted molar refractivity (Wildman–Crippen MR) is 65.4 cm³/mol. The summed E-state index contributed by atoms with van der Waals surface area (Å²) in [6, 6.07) is 4.70. The molecule has 1 aliphatic rings. The molecule has 5 heteroatoms.